The minimum atomic E-state index is -0.430. The molecule has 1 N–H and O–H groups in total. The Hall–Kier alpha value is -1.42. The van der Waals surface area contributed by atoms with E-state index in [4.69, 9.17) is 11.6 Å². The Balaban J connectivity index is 2.58. The third-order valence-corrected chi connectivity index (χ3v) is 2.63. The monoisotopic (exact) mass is 237 g/mol. The van der Waals surface area contributed by atoms with E-state index in [9.17, 15) is 4.79 Å². The Kier molecular flexibility index (Phi) is 2.46. The second kappa shape index (κ2) is 3.56. The van der Waals surface area contributed by atoms with E-state index in [-0.39, 0.29) is 5.78 Å². The van der Waals surface area contributed by atoms with Crippen LogP contribution in [0.5, 0.6) is 0 Å². The summed E-state index contributed by atoms with van der Waals surface area (Å²) in [6.07, 6.45) is 0. The van der Waals surface area contributed by atoms with Gasteiger partial charge in [-0.05, 0) is 12.1 Å². The molecule has 0 spiro atoms. The number of rotatable bonds is 1. The van der Waals surface area contributed by atoms with Gasteiger partial charge in [0.15, 0.2) is 5.78 Å². The van der Waals surface area contributed by atoms with E-state index in [1.807, 2.05) is 20.8 Å². The molecule has 0 radical (unpaired) electrons. The van der Waals surface area contributed by atoms with E-state index in [1.165, 1.54) is 0 Å². The fourth-order valence-electron chi connectivity index (χ4n) is 1.47. The summed E-state index contributed by atoms with van der Waals surface area (Å²) in [5.74, 6) is 0.0410. The lowest BCUT2D eigenvalue weighted by atomic mass is 9.86. The highest BCUT2D eigenvalue weighted by Gasteiger charge is 2.24. The number of halogens is 1. The maximum Gasteiger partial charge on any atom is 0.168 e. The number of fused-ring (bicyclic) bond motifs is 1. The molecule has 0 fully saturated rings. The van der Waals surface area contributed by atoms with Crippen molar-refractivity contribution in [3.8, 4) is 0 Å². The molecular formula is C11H12ClN3O. The molecule has 0 bridgehead atoms. The SMILES string of the molecule is CC(C)(C)C(=O)c1cc(Cl)c2[nH]nnc2c1. The molecule has 1 aromatic carbocycles. The van der Waals surface area contributed by atoms with E-state index in [0.717, 1.165) is 0 Å². The van der Waals surface area contributed by atoms with Crippen molar-refractivity contribution >= 4 is 28.4 Å². The third-order valence-electron chi connectivity index (χ3n) is 2.33. The number of nitrogens with zero attached hydrogens (tertiary/aromatic N) is 2. The number of aromatic nitrogens is 3. The van der Waals surface area contributed by atoms with Gasteiger partial charge in [0, 0.05) is 11.0 Å². The van der Waals surface area contributed by atoms with Gasteiger partial charge in [-0.25, -0.2) is 0 Å². The molecule has 2 aromatic rings. The molecule has 2 rings (SSSR count). The molecule has 84 valence electrons. The molecule has 0 unspecified atom stereocenters. The van der Waals surface area contributed by atoms with Crippen LogP contribution in [0.3, 0.4) is 0 Å². The summed E-state index contributed by atoms with van der Waals surface area (Å²) < 4.78 is 0. The van der Waals surface area contributed by atoms with Crippen LogP contribution in [0.2, 0.25) is 5.02 Å². The molecule has 4 nitrogen and oxygen atoms in total. The number of benzene rings is 1. The maximum atomic E-state index is 12.1. The minimum absolute atomic E-state index is 0.0410. The van der Waals surface area contributed by atoms with Crippen LogP contribution in [0.25, 0.3) is 11.0 Å². The van der Waals surface area contributed by atoms with Crippen molar-refractivity contribution < 1.29 is 4.79 Å². The van der Waals surface area contributed by atoms with Crippen molar-refractivity contribution in [2.75, 3.05) is 0 Å². The number of carbonyl (C=O) groups excluding carboxylic acids is 1. The quantitative estimate of drug-likeness (QED) is 0.776. The molecule has 0 saturated heterocycles. The van der Waals surface area contributed by atoms with Gasteiger partial charge in [-0.3, -0.25) is 9.89 Å². The molecule has 0 saturated carbocycles. The van der Waals surface area contributed by atoms with Gasteiger partial charge in [-0.15, -0.1) is 5.10 Å². The Morgan fingerprint density at radius 2 is 2.06 bits per heavy atom. The van der Waals surface area contributed by atoms with Gasteiger partial charge in [0.2, 0.25) is 0 Å². The first-order valence-corrected chi connectivity index (χ1v) is 5.32. The summed E-state index contributed by atoms with van der Waals surface area (Å²) in [6, 6.07) is 3.36. The number of nitrogens with one attached hydrogen (secondary N) is 1. The lowest BCUT2D eigenvalue weighted by molar-refractivity contribution is 0.0858. The average Bonchev–Trinajstić information content (AvgIpc) is 2.63. The molecular weight excluding hydrogens is 226 g/mol. The van der Waals surface area contributed by atoms with Gasteiger partial charge in [0.25, 0.3) is 0 Å². The van der Waals surface area contributed by atoms with Crippen LogP contribution in [-0.4, -0.2) is 21.2 Å². The fourth-order valence-corrected chi connectivity index (χ4v) is 1.73. The molecule has 0 aliphatic carbocycles. The van der Waals surface area contributed by atoms with Crippen molar-refractivity contribution in [2.45, 2.75) is 20.8 Å². The van der Waals surface area contributed by atoms with Gasteiger partial charge in [0.05, 0.1) is 5.02 Å². The largest absolute Gasteiger partial charge is 0.294 e. The van der Waals surface area contributed by atoms with Crippen LogP contribution < -0.4 is 0 Å². The van der Waals surface area contributed by atoms with Crippen LogP contribution in [0, 0.1) is 5.41 Å². The van der Waals surface area contributed by atoms with Crippen LogP contribution >= 0.6 is 11.6 Å². The first kappa shape index (κ1) is 11.1. The number of carbonyl (C=O) groups is 1. The summed E-state index contributed by atoms with van der Waals surface area (Å²) >= 11 is 6.03. The Morgan fingerprint density at radius 1 is 1.38 bits per heavy atom. The standard InChI is InChI=1S/C11H12ClN3O/c1-11(2,3)10(16)6-4-7(12)9-8(5-6)13-15-14-9/h4-5H,1-3H3,(H,13,14,15). The zero-order valence-corrected chi connectivity index (χ0v) is 10.1. The van der Waals surface area contributed by atoms with Crippen molar-refractivity contribution in [1.82, 2.24) is 15.4 Å². The molecule has 0 amide bonds. The van der Waals surface area contributed by atoms with Crippen molar-refractivity contribution in [2.24, 2.45) is 5.41 Å². The van der Waals surface area contributed by atoms with Crippen LogP contribution in [0.15, 0.2) is 12.1 Å². The van der Waals surface area contributed by atoms with Gasteiger partial charge < -0.3 is 0 Å². The second-order valence-electron chi connectivity index (χ2n) is 4.74. The topological polar surface area (TPSA) is 58.6 Å². The van der Waals surface area contributed by atoms with Gasteiger partial charge in [-0.1, -0.05) is 37.6 Å². The summed E-state index contributed by atoms with van der Waals surface area (Å²) in [4.78, 5) is 12.1. The highest BCUT2D eigenvalue weighted by molar-refractivity contribution is 6.35. The maximum absolute atomic E-state index is 12.1. The first-order chi connectivity index (χ1) is 7.39. The second-order valence-corrected chi connectivity index (χ2v) is 5.15. The van der Waals surface area contributed by atoms with Crippen LogP contribution in [-0.2, 0) is 0 Å². The summed E-state index contributed by atoms with van der Waals surface area (Å²) in [5.41, 5.74) is 1.41. The fraction of sp³-hybridized carbons (Fsp3) is 0.364. The van der Waals surface area contributed by atoms with Crippen molar-refractivity contribution in [3.63, 3.8) is 0 Å². The summed E-state index contributed by atoms with van der Waals surface area (Å²) in [5, 5.41) is 10.7. The highest BCUT2D eigenvalue weighted by Crippen LogP contribution is 2.26. The zero-order chi connectivity index (χ0) is 11.9. The molecule has 0 aliphatic rings. The Bertz CT molecular complexity index is 554. The van der Waals surface area contributed by atoms with E-state index in [0.29, 0.717) is 21.6 Å². The first-order valence-electron chi connectivity index (χ1n) is 4.95. The summed E-state index contributed by atoms with van der Waals surface area (Å²) in [6.45, 7) is 5.61. The van der Waals surface area contributed by atoms with Gasteiger partial charge in [0.1, 0.15) is 11.0 Å². The predicted octanol–water partition coefficient (Wildman–Crippen LogP) is 2.84. The van der Waals surface area contributed by atoms with E-state index in [1.54, 1.807) is 12.1 Å². The van der Waals surface area contributed by atoms with Gasteiger partial charge in [-0.2, -0.15) is 0 Å². The van der Waals surface area contributed by atoms with Crippen LogP contribution in [0.1, 0.15) is 31.1 Å². The normalized spacial score (nSPS) is 12.0. The number of ketones is 1. The van der Waals surface area contributed by atoms with E-state index >= 15 is 0 Å². The Morgan fingerprint density at radius 3 is 2.69 bits per heavy atom. The molecule has 0 atom stereocenters. The van der Waals surface area contributed by atoms with Crippen LogP contribution in [0.4, 0.5) is 0 Å². The molecule has 5 heteroatoms. The molecule has 0 aliphatic heterocycles. The number of hydrogen-bond acceptors (Lipinski definition) is 3. The zero-order valence-electron chi connectivity index (χ0n) is 9.34. The highest BCUT2D eigenvalue weighted by atomic mass is 35.5. The van der Waals surface area contributed by atoms with E-state index < -0.39 is 5.41 Å². The number of H-pyrrole nitrogens is 1. The lowest BCUT2D eigenvalue weighted by Crippen LogP contribution is -2.20. The third kappa shape index (κ3) is 1.80. The smallest absolute Gasteiger partial charge is 0.168 e. The average molecular weight is 238 g/mol. The minimum Gasteiger partial charge on any atom is -0.294 e. The molecule has 1 heterocycles. The number of aromatic amines is 1. The molecule has 1 aromatic heterocycles. The molecule has 16 heavy (non-hydrogen) atoms. The van der Waals surface area contributed by atoms with E-state index in [2.05, 4.69) is 15.4 Å². The Labute approximate surface area is 98.0 Å². The predicted molar refractivity (Wildman–Crippen MR) is 62.7 cm³/mol. The van der Waals surface area contributed by atoms with Gasteiger partial charge >= 0.3 is 0 Å². The summed E-state index contributed by atoms with van der Waals surface area (Å²) in [7, 11) is 0. The lowest BCUT2D eigenvalue weighted by Gasteiger charge is -2.16. The number of Topliss-reactive ketones (excluding diaryl/α,β-unsaturated/α-hetero) is 1. The van der Waals surface area contributed by atoms with Crippen molar-refractivity contribution in [1.29, 1.82) is 0 Å². The van der Waals surface area contributed by atoms with Crippen molar-refractivity contribution in [3.05, 3.63) is 22.7 Å². The number of hydrogen-bond donors (Lipinski definition) is 1.